The highest BCUT2D eigenvalue weighted by molar-refractivity contribution is 7.54. The van der Waals surface area contributed by atoms with Gasteiger partial charge in [0.05, 0.1) is 0 Å². The van der Waals surface area contributed by atoms with Crippen molar-refractivity contribution in [2.45, 2.75) is 5.54 Å². The summed E-state index contributed by atoms with van der Waals surface area (Å²) in [7, 11) is 4.11. The predicted octanol–water partition coefficient (Wildman–Crippen LogP) is -0.827. The zero-order valence-electron chi connectivity index (χ0n) is 6.83. The molecule has 0 spiro atoms. The van der Waals surface area contributed by atoms with Gasteiger partial charge in [0, 0.05) is 25.8 Å². The number of fused-ring (bicyclic) bond motifs is 1. The van der Waals surface area contributed by atoms with Crippen molar-refractivity contribution in [1.29, 1.82) is 0 Å². The minimum atomic E-state index is 0.875. The molecule has 1 atom stereocenters. The zero-order valence-corrected chi connectivity index (χ0v) is 11.7. The number of rotatable bonds is 0. The van der Waals surface area contributed by atoms with Gasteiger partial charge in [-0.3, -0.25) is 0 Å². The van der Waals surface area contributed by atoms with Crippen molar-refractivity contribution in [3.05, 3.63) is 29.8 Å². The molecular weight excluding hydrogens is 183 g/mol. The monoisotopic (exact) mass is 194 g/mol. The van der Waals surface area contributed by atoms with E-state index in [1.165, 1.54) is 28.7 Å². The van der Waals surface area contributed by atoms with E-state index in [9.17, 15) is 0 Å². The van der Waals surface area contributed by atoms with Crippen molar-refractivity contribution in [3.63, 3.8) is 0 Å². The van der Waals surface area contributed by atoms with Gasteiger partial charge in [0.15, 0.2) is 0 Å². The maximum absolute atomic E-state index is 2.30. The highest BCUT2D eigenvalue weighted by atomic mass is 31.1. The highest BCUT2D eigenvalue weighted by Crippen LogP contribution is 2.24. The molecule has 1 aliphatic rings. The van der Waals surface area contributed by atoms with E-state index in [0.29, 0.717) is 0 Å². The molecule has 1 aliphatic heterocycles. The molecule has 0 aliphatic carbocycles. The summed E-state index contributed by atoms with van der Waals surface area (Å²) in [5, 5.41) is 1.57. The molecule has 0 saturated heterocycles. The fourth-order valence-corrected chi connectivity index (χ4v) is 4.91. The maximum Gasteiger partial charge on any atom is 0.0396 e. The second-order valence-corrected chi connectivity index (χ2v) is 7.52. The third kappa shape index (κ3) is 1.15. The molecule has 0 radical (unpaired) electrons. The molecule has 0 saturated carbocycles. The van der Waals surface area contributed by atoms with Gasteiger partial charge < -0.3 is 0 Å². The summed E-state index contributed by atoms with van der Waals surface area (Å²) >= 11 is 0. The summed E-state index contributed by atoms with van der Waals surface area (Å²) in [4.78, 5) is 1.78. The minimum Gasteiger partial charge on any atom is -0.0742 e. The lowest BCUT2D eigenvalue weighted by atomic mass is 10.2. The Balaban J connectivity index is 2.58. The molecule has 2 rings (SSSR count). The second kappa shape index (κ2) is 2.70. The zero-order chi connectivity index (χ0) is 7.84. The van der Waals surface area contributed by atoms with Crippen LogP contribution in [0.3, 0.4) is 0 Å². The number of hydrogen-bond acceptors (Lipinski definition) is 0. The Morgan fingerprint density at radius 1 is 1.27 bits per heavy atom. The largest absolute Gasteiger partial charge is 0.0742 e. The van der Waals surface area contributed by atoms with Crippen LogP contribution in [-0.2, 0) is 0 Å². The normalized spacial score (nSPS) is 23.3. The van der Waals surface area contributed by atoms with Crippen molar-refractivity contribution in [2.75, 3.05) is 0 Å². The molecule has 0 fully saturated rings. The van der Waals surface area contributed by atoms with E-state index in [1.54, 1.807) is 15.8 Å². The van der Waals surface area contributed by atoms with Gasteiger partial charge in [-0.1, -0.05) is 37.4 Å². The fraction of sp³-hybridized carbons (Fsp3) is 0.125. The van der Waals surface area contributed by atoms with Crippen molar-refractivity contribution < 1.29 is 0 Å². The van der Waals surface area contributed by atoms with E-state index in [0.717, 1.165) is 5.54 Å². The summed E-state index contributed by atoms with van der Waals surface area (Å²) in [6.07, 6.45) is 0. The van der Waals surface area contributed by atoms with Gasteiger partial charge in [0.25, 0.3) is 0 Å². The van der Waals surface area contributed by atoms with Crippen LogP contribution in [0.15, 0.2) is 24.3 Å². The van der Waals surface area contributed by atoms with Crippen LogP contribution in [0.5, 0.6) is 0 Å². The molecule has 0 aromatic heterocycles. The molecule has 0 amide bonds. The van der Waals surface area contributed by atoms with Crippen LogP contribution in [0.2, 0.25) is 0 Å². The number of hydrogen-bond donors (Lipinski definition) is 0. The van der Waals surface area contributed by atoms with Crippen molar-refractivity contribution >= 4 is 38.9 Å². The van der Waals surface area contributed by atoms with E-state index in [2.05, 4.69) is 24.3 Å². The Bertz CT molecular complexity index is 320. The summed E-state index contributed by atoms with van der Waals surface area (Å²) in [6, 6.07) is 8.89. The standard InChI is InChI=1S/C8H11PSi2/c10-7-5-3-1-2-4-6(5)9-8(7)11/h1-4,7H,10-11H3. The van der Waals surface area contributed by atoms with Gasteiger partial charge in [-0.2, -0.15) is 0 Å². The molecule has 0 N–H and O–H groups in total. The van der Waals surface area contributed by atoms with Crippen LogP contribution in [-0.4, -0.2) is 25.4 Å². The van der Waals surface area contributed by atoms with E-state index >= 15 is 0 Å². The van der Waals surface area contributed by atoms with Crippen LogP contribution in [0.25, 0.3) is 0 Å². The first kappa shape index (κ1) is 7.47. The quantitative estimate of drug-likeness (QED) is 0.374. The summed E-state index contributed by atoms with van der Waals surface area (Å²) in [5.41, 5.74) is 2.49. The topological polar surface area (TPSA) is 0 Å². The Kier molecular flexibility index (Phi) is 1.84. The second-order valence-electron chi connectivity index (χ2n) is 3.03. The predicted molar refractivity (Wildman–Crippen MR) is 60.6 cm³/mol. The van der Waals surface area contributed by atoms with E-state index in [4.69, 9.17) is 0 Å². The molecule has 56 valence electrons. The van der Waals surface area contributed by atoms with Crippen LogP contribution >= 0.6 is 8.20 Å². The average molecular weight is 194 g/mol. The molecule has 1 aromatic rings. The van der Waals surface area contributed by atoms with Gasteiger partial charge in [0.2, 0.25) is 0 Å². The van der Waals surface area contributed by atoms with Gasteiger partial charge in [-0.15, -0.1) is 0 Å². The summed E-state index contributed by atoms with van der Waals surface area (Å²) in [6.45, 7) is 0. The Morgan fingerprint density at radius 3 is 2.73 bits per heavy atom. The molecule has 3 heteroatoms. The van der Waals surface area contributed by atoms with Crippen LogP contribution < -0.4 is 5.30 Å². The maximum atomic E-state index is 2.30. The fourth-order valence-electron chi connectivity index (χ4n) is 1.47. The molecule has 11 heavy (non-hydrogen) atoms. The average Bonchev–Trinajstić information content (AvgIpc) is 2.30. The molecule has 1 heterocycles. The van der Waals surface area contributed by atoms with Gasteiger partial charge in [0.1, 0.15) is 0 Å². The molecular formula is C8H11PSi2. The van der Waals surface area contributed by atoms with Crippen molar-refractivity contribution in [3.8, 4) is 0 Å². The van der Waals surface area contributed by atoms with Gasteiger partial charge >= 0.3 is 0 Å². The van der Waals surface area contributed by atoms with E-state index < -0.39 is 0 Å². The minimum absolute atomic E-state index is 0.875. The van der Waals surface area contributed by atoms with Crippen LogP contribution in [0.1, 0.15) is 11.1 Å². The Morgan fingerprint density at radius 2 is 2.00 bits per heavy atom. The van der Waals surface area contributed by atoms with Crippen molar-refractivity contribution in [1.82, 2.24) is 0 Å². The lowest BCUT2D eigenvalue weighted by molar-refractivity contribution is 1.35. The highest BCUT2D eigenvalue weighted by Gasteiger charge is 2.16. The summed E-state index contributed by atoms with van der Waals surface area (Å²) in [5.74, 6) is 0. The smallest absolute Gasteiger partial charge is 0.0396 e. The van der Waals surface area contributed by atoms with Crippen LogP contribution in [0, 0.1) is 0 Å². The lowest BCUT2D eigenvalue weighted by Gasteiger charge is -2.04. The third-order valence-electron chi connectivity index (χ3n) is 2.33. The van der Waals surface area contributed by atoms with Crippen molar-refractivity contribution in [2.24, 2.45) is 0 Å². The first-order valence-corrected chi connectivity index (χ1v) is 6.98. The lowest BCUT2D eigenvalue weighted by Crippen LogP contribution is -2.08. The van der Waals surface area contributed by atoms with E-state index in [1.807, 2.05) is 0 Å². The third-order valence-corrected chi connectivity index (χ3v) is 8.38. The molecule has 0 bridgehead atoms. The Labute approximate surface area is 74.7 Å². The first-order valence-electron chi connectivity index (χ1n) is 3.93. The Hall–Kier alpha value is -0.176. The first-order chi connectivity index (χ1) is 5.29. The summed E-state index contributed by atoms with van der Waals surface area (Å²) < 4.78 is 0. The molecule has 1 aromatic carbocycles. The number of benzene rings is 1. The SMILES string of the molecule is [SiH3]C1=Pc2ccccc2C1[SiH3]. The van der Waals surface area contributed by atoms with Crippen LogP contribution in [0.4, 0.5) is 0 Å². The van der Waals surface area contributed by atoms with Gasteiger partial charge in [-0.25, -0.2) is 0 Å². The molecule has 0 nitrogen and oxygen atoms in total. The molecule has 1 unspecified atom stereocenters. The van der Waals surface area contributed by atoms with E-state index in [-0.39, 0.29) is 0 Å². The van der Waals surface area contributed by atoms with Gasteiger partial charge in [-0.05, 0) is 11.1 Å².